The van der Waals surface area contributed by atoms with Gasteiger partial charge < -0.3 is 10.4 Å². The molecule has 1 aromatic carbocycles. The summed E-state index contributed by atoms with van der Waals surface area (Å²) in [5.74, 6) is -0.873. The number of benzene rings is 1. The zero-order valence-corrected chi connectivity index (χ0v) is 9.37. The Balaban J connectivity index is 2.87. The molecule has 2 N–H and O–H groups in total. The van der Waals surface area contributed by atoms with Crippen LogP contribution in [0.5, 0.6) is 0 Å². The van der Waals surface area contributed by atoms with Gasteiger partial charge in [-0.15, -0.1) is 0 Å². The minimum absolute atomic E-state index is 0.365. The van der Waals surface area contributed by atoms with Gasteiger partial charge in [0, 0.05) is 11.7 Å². The highest BCUT2D eigenvalue weighted by atomic mass is 16.4. The summed E-state index contributed by atoms with van der Waals surface area (Å²) in [6, 6.07) is 5.72. The predicted octanol–water partition coefficient (Wildman–Crippen LogP) is 2.90. The zero-order chi connectivity index (χ0) is 11.4. The first kappa shape index (κ1) is 11.6. The van der Waals surface area contributed by atoms with Crippen molar-refractivity contribution in [3.05, 3.63) is 29.3 Å². The second kappa shape index (κ2) is 4.82. The molecular formula is C12H17NO2. The van der Waals surface area contributed by atoms with E-state index in [2.05, 4.69) is 19.2 Å². The Morgan fingerprint density at radius 2 is 2.20 bits per heavy atom. The average molecular weight is 207 g/mol. The predicted molar refractivity (Wildman–Crippen MR) is 61.5 cm³/mol. The van der Waals surface area contributed by atoms with Crippen molar-refractivity contribution in [1.82, 2.24) is 0 Å². The molecule has 15 heavy (non-hydrogen) atoms. The maximum atomic E-state index is 10.8. The lowest BCUT2D eigenvalue weighted by Gasteiger charge is -2.14. The molecule has 0 radical (unpaired) electrons. The number of carbonyl (C=O) groups is 1. The Bertz CT molecular complexity index is 361. The van der Waals surface area contributed by atoms with Gasteiger partial charge in [-0.05, 0) is 44.0 Å². The Kier molecular flexibility index (Phi) is 3.72. The molecule has 0 amide bonds. The van der Waals surface area contributed by atoms with Crippen molar-refractivity contribution < 1.29 is 9.90 Å². The van der Waals surface area contributed by atoms with Crippen LogP contribution >= 0.6 is 0 Å². The fraction of sp³-hybridized carbons (Fsp3) is 0.417. The van der Waals surface area contributed by atoms with E-state index < -0.39 is 5.97 Å². The quantitative estimate of drug-likeness (QED) is 0.798. The van der Waals surface area contributed by atoms with E-state index in [9.17, 15) is 4.79 Å². The molecule has 0 fully saturated rings. The van der Waals surface area contributed by atoms with E-state index in [1.807, 2.05) is 19.1 Å². The highest BCUT2D eigenvalue weighted by Gasteiger charge is 2.07. The van der Waals surface area contributed by atoms with Crippen LogP contribution in [0.15, 0.2) is 18.2 Å². The third-order valence-corrected chi connectivity index (χ3v) is 2.48. The SMILES string of the molecule is CCC(C)Nc1ccc(C(=O)O)c(C)c1. The van der Waals surface area contributed by atoms with Crippen molar-refractivity contribution in [2.45, 2.75) is 33.2 Å². The van der Waals surface area contributed by atoms with Crippen molar-refractivity contribution in [2.24, 2.45) is 0 Å². The molecule has 82 valence electrons. The lowest BCUT2D eigenvalue weighted by atomic mass is 10.1. The summed E-state index contributed by atoms with van der Waals surface area (Å²) in [7, 11) is 0. The Morgan fingerprint density at radius 3 is 2.67 bits per heavy atom. The van der Waals surface area contributed by atoms with Crippen LogP contribution in [0.3, 0.4) is 0 Å². The Morgan fingerprint density at radius 1 is 1.53 bits per heavy atom. The smallest absolute Gasteiger partial charge is 0.335 e. The van der Waals surface area contributed by atoms with Crippen LogP contribution in [0.2, 0.25) is 0 Å². The molecule has 0 saturated carbocycles. The topological polar surface area (TPSA) is 49.3 Å². The number of hydrogen-bond donors (Lipinski definition) is 2. The molecule has 0 aliphatic heterocycles. The third-order valence-electron chi connectivity index (χ3n) is 2.48. The summed E-state index contributed by atoms with van der Waals surface area (Å²) >= 11 is 0. The summed E-state index contributed by atoms with van der Waals surface area (Å²) in [5.41, 5.74) is 2.13. The van der Waals surface area contributed by atoms with Crippen molar-refractivity contribution >= 4 is 11.7 Å². The monoisotopic (exact) mass is 207 g/mol. The van der Waals surface area contributed by atoms with Crippen molar-refractivity contribution in [3.63, 3.8) is 0 Å². The molecule has 1 rings (SSSR count). The number of carboxylic acid groups (broad SMARTS) is 1. The van der Waals surface area contributed by atoms with E-state index in [0.717, 1.165) is 17.7 Å². The lowest BCUT2D eigenvalue weighted by Crippen LogP contribution is -2.13. The van der Waals surface area contributed by atoms with E-state index in [4.69, 9.17) is 5.11 Å². The Hall–Kier alpha value is -1.51. The molecule has 0 saturated heterocycles. The largest absolute Gasteiger partial charge is 0.478 e. The minimum atomic E-state index is -0.873. The van der Waals surface area contributed by atoms with Crippen LogP contribution in [0.4, 0.5) is 5.69 Å². The molecule has 1 unspecified atom stereocenters. The van der Waals surface area contributed by atoms with Gasteiger partial charge >= 0.3 is 5.97 Å². The first-order valence-electron chi connectivity index (χ1n) is 5.15. The van der Waals surface area contributed by atoms with Crippen molar-refractivity contribution in [3.8, 4) is 0 Å². The fourth-order valence-corrected chi connectivity index (χ4v) is 1.38. The second-order valence-electron chi connectivity index (χ2n) is 3.79. The standard InChI is InChI=1S/C12H17NO2/c1-4-9(3)13-10-5-6-11(12(14)15)8(2)7-10/h5-7,9,13H,4H2,1-3H3,(H,14,15). The normalized spacial score (nSPS) is 12.2. The number of anilines is 1. The van der Waals surface area contributed by atoms with E-state index in [-0.39, 0.29) is 0 Å². The van der Waals surface area contributed by atoms with Gasteiger partial charge in [-0.3, -0.25) is 0 Å². The summed E-state index contributed by atoms with van der Waals surface area (Å²) in [6.45, 7) is 6.02. The number of hydrogen-bond acceptors (Lipinski definition) is 2. The highest BCUT2D eigenvalue weighted by molar-refractivity contribution is 5.89. The van der Waals surface area contributed by atoms with Gasteiger partial charge in [-0.2, -0.15) is 0 Å². The second-order valence-corrected chi connectivity index (χ2v) is 3.79. The number of rotatable bonds is 4. The van der Waals surface area contributed by atoms with E-state index >= 15 is 0 Å². The van der Waals surface area contributed by atoms with Gasteiger partial charge in [0.05, 0.1) is 5.56 Å². The number of aromatic carboxylic acids is 1. The van der Waals surface area contributed by atoms with E-state index in [1.165, 1.54) is 0 Å². The number of nitrogens with one attached hydrogen (secondary N) is 1. The summed E-state index contributed by atoms with van der Waals surface area (Å²) in [6.07, 6.45) is 1.04. The van der Waals surface area contributed by atoms with Crippen LogP contribution in [-0.4, -0.2) is 17.1 Å². The average Bonchev–Trinajstić information content (AvgIpc) is 2.17. The van der Waals surface area contributed by atoms with Gasteiger partial charge in [0.15, 0.2) is 0 Å². The fourth-order valence-electron chi connectivity index (χ4n) is 1.38. The Labute approximate surface area is 90.1 Å². The summed E-state index contributed by atoms with van der Waals surface area (Å²) in [4.78, 5) is 10.8. The number of carboxylic acids is 1. The van der Waals surface area contributed by atoms with Gasteiger partial charge in [-0.25, -0.2) is 4.79 Å². The van der Waals surface area contributed by atoms with Crippen molar-refractivity contribution in [2.75, 3.05) is 5.32 Å². The van der Waals surface area contributed by atoms with Crippen LogP contribution in [0.1, 0.15) is 36.2 Å². The lowest BCUT2D eigenvalue weighted by molar-refractivity contribution is 0.0696. The van der Waals surface area contributed by atoms with Gasteiger partial charge in [0.1, 0.15) is 0 Å². The maximum Gasteiger partial charge on any atom is 0.335 e. The first-order valence-corrected chi connectivity index (χ1v) is 5.15. The number of aryl methyl sites for hydroxylation is 1. The van der Waals surface area contributed by atoms with Crippen LogP contribution in [-0.2, 0) is 0 Å². The molecule has 0 aliphatic rings. The van der Waals surface area contributed by atoms with Gasteiger partial charge in [-0.1, -0.05) is 6.92 Å². The molecule has 0 aromatic heterocycles. The summed E-state index contributed by atoms with van der Waals surface area (Å²) in [5, 5.41) is 12.2. The highest BCUT2D eigenvalue weighted by Crippen LogP contribution is 2.16. The molecule has 3 nitrogen and oxygen atoms in total. The van der Waals surface area contributed by atoms with Gasteiger partial charge in [0.25, 0.3) is 0 Å². The molecule has 0 heterocycles. The molecule has 0 spiro atoms. The third kappa shape index (κ3) is 2.98. The van der Waals surface area contributed by atoms with Gasteiger partial charge in [0.2, 0.25) is 0 Å². The molecule has 3 heteroatoms. The molecule has 0 aliphatic carbocycles. The maximum absolute atomic E-state index is 10.8. The van der Waals surface area contributed by atoms with Crippen LogP contribution < -0.4 is 5.32 Å². The first-order chi connectivity index (χ1) is 7.04. The zero-order valence-electron chi connectivity index (χ0n) is 9.37. The minimum Gasteiger partial charge on any atom is -0.478 e. The molecule has 1 aromatic rings. The van der Waals surface area contributed by atoms with Crippen LogP contribution in [0, 0.1) is 6.92 Å². The van der Waals surface area contributed by atoms with E-state index in [0.29, 0.717) is 11.6 Å². The molecular weight excluding hydrogens is 190 g/mol. The molecule has 0 bridgehead atoms. The van der Waals surface area contributed by atoms with Crippen molar-refractivity contribution in [1.29, 1.82) is 0 Å². The summed E-state index contributed by atoms with van der Waals surface area (Å²) < 4.78 is 0. The van der Waals surface area contributed by atoms with Crippen LogP contribution in [0.25, 0.3) is 0 Å². The molecule has 1 atom stereocenters. The van der Waals surface area contributed by atoms with E-state index in [1.54, 1.807) is 6.07 Å².